The maximum absolute atomic E-state index is 11.2. The van der Waals surface area contributed by atoms with E-state index in [0.717, 1.165) is 19.5 Å². The molecule has 1 aliphatic carbocycles. The molecular weight excluding hydrogens is 190 g/mol. The van der Waals surface area contributed by atoms with Crippen LogP contribution < -0.4 is 0 Å². The van der Waals surface area contributed by atoms with Crippen LogP contribution in [0.1, 0.15) is 39.0 Å². The lowest BCUT2D eigenvalue weighted by atomic mass is 9.89. The summed E-state index contributed by atoms with van der Waals surface area (Å²) in [5, 5.41) is 10.2. The first kappa shape index (κ1) is 10.9. The zero-order valence-electron chi connectivity index (χ0n) is 9.48. The van der Waals surface area contributed by atoms with Crippen LogP contribution in [0.4, 0.5) is 0 Å². The van der Waals surface area contributed by atoms with Crippen LogP contribution in [0.5, 0.6) is 0 Å². The Bertz CT molecular complexity index is 236. The van der Waals surface area contributed by atoms with Gasteiger partial charge in [0.15, 0.2) is 0 Å². The van der Waals surface area contributed by atoms with Gasteiger partial charge in [-0.3, -0.25) is 4.79 Å². The van der Waals surface area contributed by atoms with Gasteiger partial charge in [0.2, 0.25) is 5.91 Å². The molecule has 2 atom stereocenters. The Morgan fingerprint density at radius 3 is 2.47 bits per heavy atom. The Kier molecular flexibility index (Phi) is 3.29. The quantitative estimate of drug-likeness (QED) is 0.750. The number of carbonyl (C=O) groups excluding carboxylic acids is 1. The number of amides is 1. The van der Waals surface area contributed by atoms with E-state index in [-0.39, 0.29) is 12.0 Å². The monoisotopic (exact) mass is 211 g/mol. The molecule has 86 valence electrons. The van der Waals surface area contributed by atoms with Gasteiger partial charge in [0.05, 0.1) is 6.10 Å². The third kappa shape index (κ3) is 2.33. The smallest absolute Gasteiger partial charge is 0.219 e. The van der Waals surface area contributed by atoms with Crippen molar-refractivity contribution in [1.29, 1.82) is 0 Å². The minimum Gasteiger partial charge on any atom is -0.392 e. The fourth-order valence-corrected chi connectivity index (χ4v) is 3.04. The molecule has 2 fully saturated rings. The SMILES string of the molecule is CC(=O)N1CCC(C(O)C2CCCC2)C1. The van der Waals surface area contributed by atoms with Gasteiger partial charge in [-0.25, -0.2) is 0 Å². The second-order valence-corrected chi connectivity index (χ2v) is 5.05. The number of rotatable bonds is 2. The third-order valence-electron chi connectivity index (χ3n) is 4.04. The fraction of sp³-hybridized carbons (Fsp3) is 0.917. The van der Waals surface area contributed by atoms with Crippen molar-refractivity contribution >= 4 is 5.91 Å². The van der Waals surface area contributed by atoms with Crippen molar-refractivity contribution in [3.63, 3.8) is 0 Å². The highest BCUT2D eigenvalue weighted by Gasteiger charge is 2.34. The summed E-state index contributed by atoms with van der Waals surface area (Å²) in [6.07, 6.45) is 5.71. The summed E-state index contributed by atoms with van der Waals surface area (Å²) in [7, 11) is 0. The van der Waals surface area contributed by atoms with E-state index in [1.807, 2.05) is 4.90 Å². The van der Waals surface area contributed by atoms with E-state index in [0.29, 0.717) is 11.8 Å². The highest BCUT2D eigenvalue weighted by molar-refractivity contribution is 5.73. The van der Waals surface area contributed by atoms with Crippen LogP contribution >= 0.6 is 0 Å². The molecule has 15 heavy (non-hydrogen) atoms. The molecule has 0 radical (unpaired) electrons. The maximum Gasteiger partial charge on any atom is 0.219 e. The minimum absolute atomic E-state index is 0.149. The van der Waals surface area contributed by atoms with Gasteiger partial charge in [-0.2, -0.15) is 0 Å². The first-order chi connectivity index (χ1) is 7.18. The summed E-state index contributed by atoms with van der Waals surface area (Å²) >= 11 is 0. The number of aliphatic hydroxyl groups is 1. The molecule has 1 saturated carbocycles. The Labute approximate surface area is 91.5 Å². The molecule has 1 saturated heterocycles. The van der Waals surface area contributed by atoms with Crippen molar-refractivity contribution in [2.24, 2.45) is 11.8 Å². The molecule has 0 aromatic rings. The first-order valence-corrected chi connectivity index (χ1v) is 6.12. The van der Waals surface area contributed by atoms with E-state index >= 15 is 0 Å². The lowest BCUT2D eigenvalue weighted by Crippen LogP contribution is -2.32. The number of carbonyl (C=O) groups is 1. The van der Waals surface area contributed by atoms with Crippen LogP contribution in [0.3, 0.4) is 0 Å². The lowest BCUT2D eigenvalue weighted by molar-refractivity contribution is -0.128. The molecule has 0 aromatic carbocycles. The van der Waals surface area contributed by atoms with Crippen LogP contribution in [-0.2, 0) is 4.79 Å². The van der Waals surface area contributed by atoms with E-state index in [1.54, 1.807) is 6.92 Å². The van der Waals surface area contributed by atoms with Gasteiger partial charge in [0, 0.05) is 25.9 Å². The van der Waals surface area contributed by atoms with E-state index < -0.39 is 0 Å². The van der Waals surface area contributed by atoms with Gasteiger partial charge < -0.3 is 10.0 Å². The van der Waals surface area contributed by atoms with E-state index in [2.05, 4.69) is 0 Å². The number of hydrogen-bond acceptors (Lipinski definition) is 2. The average molecular weight is 211 g/mol. The second kappa shape index (κ2) is 4.52. The minimum atomic E-state index is -0.170. The highest BCUT2D eigenvalue weighted by Crippen LogP contribution is 2.33. The van der Waals surface area contributed by atoms with Gasteiger partial charge in [0.25, 0.3) is 0 Å². The summed E-state index contributed by atoms with van der Waals surface area (Å²) in [6, 6.07) is 0. The molecule has 1 heterocycles. The number of aliphatic hydroxyl groups excluding tert-OH is 1. The zero-order valence-corrected chi connectivity index (χ0v) is 9.48. The topological polar surface area (TPSA) is 40.5 Å². The van der Waals surface area contributed by atoms with E-state index in [4.69, 9.17) is 0 Å². The van der Waals surface area contributed by atoms with Crippen molar-refractivity contribution in [3.05, 3.63) is 0 Å². The summed E-state index contributed by atoms with van der Waals surface area (Å²) in [5.41, 5.74) is 0. The fourth-order valence-electron chi connectivity index (χ4n) is 3.04. The second-order valence-electron chi connectivity index (χ2n) is 5.05. The number of nitrogens with zero attached hydrogens (tertiary/aromatic N) is 1. The van der Waals surface area contributed by atoms with E-state index in [9.17, 15) is 9.90 Å². The molecule has 2 rings (SSSR count). The summed E-state index contributed by atoms with van der Waals surface area (Å²) in [6.45, 7) is 3.22. The van der Waals surface area contributed by atoms with Crippen molar-refractivity contribution in [1.82, 2.24) is 4.90 Å². The molecule has 1 aliphatic heterocycles. The third-order valence-corrected chi connectivity index (χ3v) is 4.04. The zero-order chi connectivity index (χ0) is 10.8. The van der Waals surface area contributed by atoms with Crippen LogP contribution in [0.15, 0.2) is 0 Å². The summed E-state index contributed by atoms with van der Waals surface area (Å²) < 4.78 is 0. The molecular formula is C12H21NO2. The molecule has 0 bridgehead atoms. The average Bonchev–Trinajstić information content (AvgIpc) is 2.88. The standard InChI is InChI=1S/C12H21NO2/c1-9(14)13-7-6-11(8-13)12(15)10-4-2-3-5-10/h10-12,15H,2-8H2,1H3. The van der Waals surface area contributed by atoms with Crippen molar-refractivity contribution in [2.45, 2.75) is 45.1 Å². The molecule has 3 nitrogen and oxygen atoms in total. The van der Waals surface area contributed by atoms with Crippen molar-refractivity contribution in [3.8, 4) is 0 Å². The van der Waals surface area contributed by atoms with Gasteiger partial charge in [0.1, 0.15) is 0 Å². The maximum atomic E-state index is 11.2. The van der Waals surface area contributed by atoms with Gasteiger partial charge in [-0.05, 0) is 25.2 Å². The Balaban J connectivity index is 1.86. The van der Waals surface area contributed by atoms with Crippen LogP contribution in [0.2, 0.25) is 0 Å². The first-order valence-electron chi connectivity index (χ1n) is 6.12. The van der Waals surface area contributed by atoms with Crippen molar-refractivity contribution < 1.29 is 9.90 Å². The summed E-state index contributed by atoms with van der Waals surface area (Å²) in [5.74, 6) is 0.982. The molecule has 2 aliphatic rings. The van der Waals surface area contributed by atoms with Crippen molar-refractivity contribution in [2.75, 3.05) is 13.1 Å². The predicted molar refractivity (Wildman–Crippen MR) is 58.3 cm³/mol. The lowest BCUT2D eigenvalue weighted by Gasteiger charge is -2.24. The highest BCUT2D eigenvalue weighted by atomic mass is 16.3. The van der Waals surface area contributed by atoms with E-state index in [1.165, 1.54) is 25.7 Å². The normalized spacial score (nSPS) is 29.7. The molecule has 0 spiro atoms. The molecule has 3 heteroatoms. The number of likely N-dealkylation sites (tertiary alicyclic amines) is 1. The molecule has 0 aromatic heterocycles. The predicted octanol–water partition coefficient (Wildman–Crippen LogP) is 1.41. The van der Waals surface area contributed by atoms with Crippen LogP contribution in [0.25, 0.3) is 0 Å². The van der Waals surface area contributed by atoms with Gasteiger partial charge in [-0.1, -0.05) is 12.8 Å². The van der Waals surface area contributed by atoms with Gasteiger partial charge in [-0.15, -0.1) is 0 Å². The number of hydrogen-bond donors (Lipinski definition) is 1. The Morgan fingerprint density at radius 2 is 1.93 bits per heavy atom. The molecule has 1 amide bonds. The Morgan fingerprint density at radius 1 is 1.27 bits per heavy atom. The molecule has 2 unspecified atom stereocenters. The molecule has 1 N–H and O–H groups in total. The largest absolute Gasteiger partial charge is 0.392 e. The van der Waals surface area contributed by atoms with Crippen LogP contribution in [0, 0.1) is 11.8 Å². The Hall–Kier alpha value is -0.570. The summed E-state index contributed by atoms with van der Waals surface area (Å²) in [4.78, 5) is 13.0. The van der Waals surface area contributed by atoms with Gasteiger partial charge >= 0.3 is 0 Å². The van der Waals surface area contributed by atoms with Crippen LogP contribution in [-0.4, -0.2) is 35.1 Å².